The molecule has 0 saturated heterocycles. The Balaban J connectivity index is 2.71. The van der Waals surface area contributed by atoms with E-state index in [0.29, 0.717) is 0 Å². The normalized spacial score (nSPS) is 13.0. The van der Waals surface area contributed by atoms with Crippen molar-refractivity contribution >= 4 is 27.5 Å². The summed E-state index contributed by atoms with van der Waals surface area (Å²) in [4.78, 5) is 4.03. The first-order valence-electron chi connectivity index (χ1n) is 3.42. The Morgan fingerprint density at radius 1 is 1.64 bits per heavy atom. The molecule has 0 amide bonds. The molecule has 11 heavy (non-hydrogen) atoms. The quantitative estimate of drug-likeness (QED) is 0.717. The highest BCUT2D eigenvalue weighted by Crippen LogP contribution is 2.12. The van der Waals surface area contributed by atoms with Crippen LogP contribution in [0.15, 0.2) is 22.9 Å². The minimum absolute atomic E-state index is 0.172. The van der Waals surface area contributed by atoms with Crippen molar-refractivity contribution in [1.82, 2.24) is 4.98 Å². The van der Waals surface area contributed by atoms with E-state index in [9.17, 15) is 0 Å². The fourth-order valence-corrected chi connectivity index (χ4v) is 1.48. The molecule has 1 unspecified atom stereocenters. The van der Waals surface area contributed by atoms with Gasteiger partial charge in [-0.25, -0.2) is 0 Å². The summed E-state index contributed by atoms with van der Waals surface area (Å²) >= 11 is 9.17. The molecule has 0 spiro atoms. The second-order valence-electron chi connectivity index (χ2n) is 2.50. The van der Waals surface area contributed by atoms with Gasteiger partial charge in [-0.3, -0.25) is 4.98 Å². The first kappa shape index (κ1) is 9.01. The monoisotopic (exact) mass is 233 g/mol. The van der Waals surface area contributed by atoms with Crippen molar-refractivity contribution in [1.29, 1.82) is 0 Å². The fraction of sp³-hybridized carbons (Fsp3) is 0.375. The molecular weight excluding hydrogens is 225 g/mol. The lowest BCUT2D eigenvalue weighted by Gasteiger charge is -2.01. The minimum atomic E-state index is 0.172. The molecule has 0 aliphatic heterocycles. The summed E-state index contributed by atoms with van der Waals surface area (Å²) < 4.78 is 1.01. The molecule has 1 aromatic rings. The van der Waals surface area contributed by atoms with Gasteiger partial charge in [-0.15, -0.1) is 11.6 Å². The van der Waals surface area contributed by atoms with Crippen LogP contribution in [0.3, 0.4) is 0 Å². The summed E-state index contributed by atoms with van der Waals surface area (Å²) in [5.74, 6) is 0. The Morgan fingerprint density at radius 2 is 2.36 bits per heavy atom. The molecular formula is C8H9BrClN. The standard InChI is InChI=1S/C8H9BrClN/c1-6(10)2-7-3-8(9)5-11-4-7/h3-6H,2H2,1H3. The lowest BCUT2D eigenvalue weighted by Crippen LogP contribution is -1.97. The van der Waals surface area contributed by atoms with Crippen molar-refractivity contribution in [2.24, 2.45) is 0 Å². The highest BCUT2D eigenvalue weighted by molar-refractivity contribution is 9.10. The van der Waals surface area contributed by atoms with Crippen LogP contribution in [-0.4, -0.2) is 10.4 Å². The van der Waals surface area contributed by atoms with Gasteiger partial charge in [0.2, 0.25) is 0 Å². The molecule has 0 N–H and O–H groups in total. The highest BCUT2D eigenvalue weighted by atomic mass is 79.9. The van der Waals surface area contributed by atoms with Crippen LogP contribution in [0, 0.1) is 0 Å². The maximum absolute atomic E-state index is 5.82. The summed E-state index contributed by atoms with van der Waals surface area (Å²) in [5.41, 5.74) is 1.17. The second kappa shape index (κ2) is 4.07. The molecule has 1 nitrogen and oxygen atoms in total. The largest absolute Gasteiger partial charge is 0.263 e. The van der Waals surface area contributed by atoms with E-state index in [-0.39, 0.29) is 5.38 Å². The van der Waals surface area contributed by atoms with Crippen LogP contribution in [0.1, 0.15) is 12.5 Å². The number of hydrogen-bond acceptors (Lipinski definition) is 1. The predicted octanol–water partition coefficient (Wildman–Crippen LogP) is 3.01. The molecule has 0 fully saturated rings. The first-order chi connectivity index (χ1) is 5.18. The number of rotatable bonds is 2. The number of nitrogens with zero attached hydrogens (tertiary/aromatic N) is 1. The van der Waals surface area contributed by atoms with Crippen LogP contribution in [0.4, 0.5) is 0 Å². The van der Waals surface area contributed by atoms with Gasteiger partial charge in [0.25, 0.3) is 0 Å². The Hall–Kier alpha value is -0.0800. The van der Waals surface area contributed by atoms with E-state index in [2.05, 4.69) is 20.9 Å². The van der Waals surface area contributed by atoms with Gasteiger partial charge in [-0.2, -0.15) is 0 Å². The molecule has 1 rings (SSSR count). The number of pyridine rings is 1. The summed E-state index contributed by atoms with van der Waals surface area (Å²) in [6, 6.07) is 2.03. The van der Waals surface area contributed by atoms with Gasteiger partial charge < -0.3 is 0 Å². The van der Waals surface area contributed by atoms with Crippen LogP contribution < -0.4 is 0 Å². The van der Waals surface area contributed by atoms with Gasteiger partial charge in [0.1, 0.15) is 0 Å². The van der Waals surface area contributed by atoms with Crippen molar-refractivity contribution in [2.45, 2.75) is 18.7 Å². The van der Waals surface area contributed by atoms with Crippen molar-refractivity contribution in [2.75, 3.05) is 0 Å². The van der Waals surface area contributed by atoms with Crippen LogP contribution in [-0.2, 0) is 6.42 Å². The van der Waals surface area contributed by atoms with Gasteiger partial charge in [0.05, 0.1) is 0 Å². The minimum Gasteiger partial charge on any atom is -0.263 e. The van der Waals surface area contributed by atoms with Gasteiger partial charge in [0.15, 0.2) is 0 Å². The van der Waals surface area contributed by atoms with Gasteiger partial charge >= 0.3 is 0 Å². The molecule has 1 aromatic heterocycles. The predicted molar refractivity (Wildman–Crippen MR) is 51.0 cm³/mol. The number of halogens is 2. The molecule has 1 heterocycles. The second-order valence-corrected chi connectivity index (χ2v) is 4.16. The van der Waals surface area contributed by atoms with E-state index in [4.69, 9.17) is 11.6 Å². The highest BCUT2D eigenvalue weighted by Gasteiger charge is 1.99. The lowest BCUT2D eigenvalue weighted by atomic mass is 10.2. The first-order valence-corrected chi connectivity index (χ1v) is 4.65. The molecule has 3 heteroatoms. The zero-order valence-corrected chi connectivity index (χ0v) is 8.56. The number of alkyl halides is 1. The Morgan fingerprint density at radius 3 is 2.91 bits per heavy atom. The third-order valence-electron chi connectivity index (χ3n) is 1.28. The van der Waals surface area contributed by atoms with Crippen LogP contribution in [0.25, 0.3) is 0 Å². The van der Waals surface area contributed by atoms with Crippen molar-refractivity contribution in [3.8, 4) is 0 Å². The summed E-state index contributed by atoms with van der Waals surface area (Å²) in [6.07, 6.45) is 4.47. The molecule has 0 radical (unpaired) electrons. The lowest BCUT2D eigenvalue weighted by molar-refractivity contribution is 0.921. The molecule has 0 aliphatic carbocycles. The van der Waals surface area contributed by atoms with Crippen molar-refractivity contribution in [3.63, 3.8) is 0 Å². The molecule has 60 valence electrons. The third-order valence-corrected chi connectivity index (χ3v) is 1.87. The number of hydrogen-bond donors (Lipinski definition) is 0. The zero-order chi connectivity index (χ0) is 8.27. The fourth-order valence-electron chi connectivity index (χ4n) is 0.892. The summed E-state index contributed by atoms with van der Waals surface area (Å²) in [5, 5.41) is 0.172. The molecule has 0 saturated carbocycles. The molecule has 0 aromatic carbocycles. The SMILES string of the molecule is CC(Cl)Cc1cncc(Br)c1. The average Bonchev–Trinajstić information content (AvgIpc) is 1.85. The maximum atomic E-state index is 5.82. The zero-order valence-electron chi connectivity index (χ0n) is 6.22. The van der Waals surface area contributed by atoms with Crippen molar-refractivity contribution in [3.05, 3.63) is 28.5 Å². The van der Waals surface area contributed by atoms with E-state index >= 15 is 0 Å². The van der Waals surface area contributed by atoms with Crippen molar-refractivity contribution < 1.29 is 0 Å². The third kappa shape index (κ3) is 3.21. The Labute approximate surface area is 79.9 Å². The summed E-state index contributed by atoms with van der Waals surface area (Å²) in [6.45, 7) is 1.97. The average molecular weight is 235 g/mol. The van der Waals surface area contributed by atoms with Gasteiger partial charge in [-0.1, -0.05) is 0 Å². The molecule has 1 atom stereocenters. The van der Waals surface area contributed by atoms with E-state index in [1.807, 2.05) is 19.2 Å². The van der Waals surface area contributed by atoms with Gasteiger partial charge in [0, 0.05) is 22.2 Å². The molecule has 0 bridgehead atoms. The number of aromatic nitrogens is 1. The molecule has 0 aliphatic rings. The van der Waals surface area contributed by atoms with E-state index < -0.39 is 0 Å². The van der Waals surface area contributed by atoms with E-state index in [0.717, 1.165) is 10.9 Å². The Bertz CT molecular complexity index is 237. The van der Waals surface area contributed by atoms with E-state index in [1.165, 1.54) is 5.56 Å². The van der Waals surface area contributed by atoms with Gasteiger partial charge in [-0.05, 0) is 40.9 Å². The van der Waals surface area contributed by atoms with Crippen LogP contribution in [0.2, 0.25) is 0 Å². The Kier molecular flexibility index (Phi) is 3.34. The maximum Gasteiger partial charge on any atom is 0.0410 e. The van der Waals surface area contributed by atoms with Crippen LogP contribution in [0.5, 0.6) is 0 Å². The summed E-state index contributed by atoms with van der Waals surface area (Å²) in [7, 11) is 0. The van der Waals surface area contributed by atoms with E-state index in [1.54, 1.807) is 6.20 Å². The topological polar surface area (TPSA) is 12.9 Å². The smallest absolute Gasteiger partial charge is 0.0410 e. The van der Waals surface area contributed by atoms with Crippen LogP contribution >= 0.6 is 27.5 Å².